The zero-order valence-electron chi connectivity index (χ0n) is 19.2. The molecule has 0 bridgehead atoms. The smallest absolute Gasteiger partial charge is 0.251 e. The number of amides is 2. The summed E-state index contributed by atoms with van der Waals surface area (Å²) in [5.41, 5.74) is 3.06. The van der Waals surface area contributed by atoms with Crippen molar-refractivity contribution in [3.8, 4) is 5.69 Å². The summed E-state index contributed by atoms with van der Waals surface area (Å²) >= 11 is 2.51. The van der Waals surface area contributed by atoms with Crippen LogP contribution < -0.4 is 10.6 Å². The molecule has 2 heterocycles. The molecule has 0 fully saturated rings. The Morgan fingerprint density at radius 3 is 2.63 bits per heavy atom. The predicted molar refractivity (Wildman–Crippen MR) is 132 cm³/mol. The van der Waals surface area contributed by atoms with E-state index in [1.807, 2.05) is 43.5 Å². The first-order valence-corrected chi connectivity index (χ1v) is 12.4. The highest BCUT2D eigenvalue weighted by Crippen LogP contribution is 2.26. The van der Waals surface area contributed by atoms with Gasteiger partial charge in [0.15, 0.2) is 11.0 Å². The van der Waals surface area contributed by atoms with Gasteiger partial charge in [0, 0.05) is 5.56 Å². The van der Waals surface area contributed by atoms with Crippen LogP contribution in [-0.4, -0.2) is 42.5 Å². The molecule has 0 spiro atoms. The van der Waals surface area contributed by atoms with Crippen LogP contribution in [0.4, 0.5) is 9.52 Å². The van der Waals surface area contributed by atoms with Gasteiger partial charge in [-0.2, -0.15) is 0 Å². The van der Waals surface area contributed by atoms with Gasteiger partial charge in [-0.1, -0.05) is 41.3 Å². The lowest BCUT2D eigenvalue weighted by Crippen LogP contribution is -2.25. The molecule has 2 amide bonds. The molecule has 2 aromatic carbocycles. The van der Waals surface area contributed by atoms with Gasteiger partial charge < -0.3 is 5.32 Å². The van der Waals surface area contributed by atoms with Crippen LogP contribution in [0.1, 0.15) is 32.3 Å². The molecule has 0 saturated heterocycles. The van der Waals surface area contributed by atoms with E-state index in [0.717, 1.165) is 21.8 Å². The second-order valence-electron chi connectivity index (χ2n) is 7.68. The van der Waals surface area contributed by atoms with Crippen molar-refractivity contribution in [3.63, 3.8) is 0 Å². The normalized spacial score (nSPS) is 10.9. The van der Waals surface area contributed by atoms with E-state index in [1.165, 1.54) is 47.4 Å². The third-order valence-corrected chi connectivity index (χ3v) is 6.59. The van der Waals surface area contributed by atoms with E-state index in [1.54, 1.807) is 0 Å². The predicted octanol–water partition coefficient (Wildman–Crippen LogP) is 3.84. The number of carbonyl (C=O) groups excluding carboxylic acids is 2. The molecule has 35 heavy (non-hydrogen) atoms. The molecule has 2 N–H and O–H groups in total. The quantitative estimate of drug-likeness (QED) is 0.345. The van der Waals surface area contributed by atoms with E-state index < -0.39 is 11.7 Å². The van der Waals surface area contributed by atoms with Gasteiger partial charge in [-0.3, -0.25) is 19.5 Å². The van der Waals surface area contributed by atoms with Gasteiger partial charge in [0.2, 0.25) is 11.0 Å². The van der Waals surface area contributed by atoms with Crippen LogP contribution in [0.15, 0.2) is 47.6 Å². The molecule has 0 radical (unpaired) electrons. The van der Waals surface area contributed by atoms with Crippen LogP contribution in [0.5, 0.6) is 0 Å². The maximum atomic E-state index is 13.5. The lowest BCUT2D eigenvalue weighted by atomic mass is 10.1. The number of carbonyl (C=O) groups is 2. The van der Waals surface area contributed by atoms with Gasteiger partial charge in [0.25, 0.3) is 5.91 Å². The van der Waals surface area contributed by atoms with Crippen LogP contribution in [0.2, 0.25) is 0 Å². The van der Waals surface area contributed by atoms with Gasteiger partial charge in [-0.25, -0.2) is 4.39 Å². The van der Waals surface area contributed by atoms with Crippen molar-refractivity contribution in [2.45, 2.75) is 32.5 Å². The fraction of sp³-hybridized carbons (Fsp3) is 0.217. The zero-order chi connectivity index (χ0) is 24.9. The van der Waals surface area contributed by atoms with Gasteiger partial charge in [-0.05, 0) is 56.2 Å². The summed E-state index contributed by atoms with van der Waals surface area (Å²) in [7, 11) is 0. The molecule has 0 aliphatic carbocycles. The first-order chi connectivity index (χ1) is 16.8. The molecule has 12 heteroatoms. The minimum Gasteiger partial charge on any atom is -0.345 e. The fourth-order valence-corrected chi connectivity index (χ4v) is 4.61. The summed E-state index contributed by atoms with van der Waals surface area (Å²) < 4.78 is 15.3. The maximum absolute atomic E-state index is 13.5. The fourth-order valence-electron chi connectivity index (χ4n) is 3.23. The first kappa shape index (κ1) is 24.5. The summed E-state index contributed by atoms with van der Waals surface area (Å²) in [4.78, 5) is 25.0. The van der Waals surface area contributed by atoms with E-state index in [9.17, 15) is 14.0 Å². The highest BCUT2D eigenvalue weighted by molar-refractivity contribution is 7.99. The maximum Gasteiger partial charge on any atom is 0.251 e. The lowest BCUT2D eigenvalue weighted by molar-refractivity contribution is -0.113. The summed E-state index contributed by atoms with van der Waals surface area (Å²) in [6.07, 6.45) is 0. The molecule has 0 aliphatic rings. The third-order valence-electron chi connectivity index (χ3n) is 4.90. The van der Waals surface area contributed by atoms with Crippen LogP contribution in [0.25, 0.3) is 5.69 Å². The molecule has 0 saturated carbocycles. The van der Waals surface area contributed by atoms with Crippen molar-refractivity contribution in [2.75, 3.05) is 11.1 Å². The van der Waals surface area contributed by atoms with Crippen molar-refractivity contribution in [2.24, 2.45) is 0 Å². The van der Waals surface area contributed by atoms with E-state index in [4.69, 9.17) is 0 Å². The molecular formula is C23H22FN7O2S2. The molecule has 9 nitrogen and oxygen atoms in total. The number of nitrogens with zero attached hydrogens (tertiary/aromatic N) is 5. The van der Waals surface area contributed by atoms with Crippen molar-refractivity contribution < 1.29 is 14.0 Å². The Balaban J connectivity index is 1.55. The average molecular weight is 512 g/mol. The summed E-state index contributed by atoms with van der Waals surface area (Å²) in [5.74, 6) is -0.608. The Labute approximate surface area is 209 Å². The van der Waals surface area contributed by atoms with Gasteiger partial charge in [-0.15, -0.1) is 20.4 Å². The van der Waals surface area contributed by atoms with Crippen LogP contribution >= 0.6 is 23.1 Å². The van der Waals surface area contributed by atoms with Crippen molar-refractivity contribution >= 4 is 40.0 Å². The Hall–Kier alpha value is -3.64. The molecule has 2 aromatic heterocycles. The van der Waals surface area contributed by atoms with E-state index in [0.29, 0.717) is 16.1 Å². The number of benzene rings is 2. The monoisotopic (exact) mass is 511 g/mol. The van der Waals surface area contributed by atoms with Gasteiger partial charge in [0.1, 0.15) is 10.8 Å². The molecule has 0 unspecified atom stereocenters. The molecular weight excluding hydrogens is 489 g/mol. The van der Waals surface area contributed by atoms with Crippen LogP contribution in [-0.2, 0) is 11.3 Å². The largest absolute Gasteiger partial charge is 0.345 e. The Bertz CT molecular complexity index is 1390. The number of thioether (sulfide) groups is 1. The molecule has 0 aliphatic heterocycles. The molecule has 180 valence electrons. The number of hydrogen-bond acceptors (Lipinski definition) is 8. The number of aryl methyl sites for hydroxylation is 3. The average Bonchev–Trinajstić information content (AvgIpc) is 3.43. The zero-order valence-corrected chi connectivity index (χ0v) is 20.8. The van der Waals surface area contributed by atoms with E-state index >= 15 is 0 Å². The summed E-state index contributed by atoms with van der Waals surface area (Å²) in [6, 6.07) is 11.4. The Morgan fingerprint density at radius 2 is 1.89 bits per heavy atom. The highest BCUT2D eigenvalue weighted by atomic mass is 32.2. The third kappa shape index (κ3) is 6.08. The topological polar surface area (TPSA) is 115 Å². The number of aromatic nitrogens is 5. The number of nitrogens with one attached hydrogen (secondary N) is 2. The van der Waals surface area contributed by atoms with Crippen LogP contribution in [0.3, 0.4) is 0 Å². The summed E-state index contributed by atoms with van der Waals surface area (Å²) in [6.45, 7) is 5.81. The first-order valence-electron chi connectivity index (χ1n) is 10.6. The van der Waals surface area contributed by atoms with E-state index in [2.05, 4.69) is 31.0 Å². The standard InChI is InChI=1S/C23H22FN7O2S2/c1-13-7-8-14(2)18(9-13)31-19(11-25-21(33)16-5-4-6-17(24)10-16)28-30-23(31)34-12-20(32)26-22-29-27-15(3)35-22/h4-10H,11-12H2,1-3H3,(H,25,33)(H,26,29,32). The highest BCUT2D eigenvalue weighted by Gasteiger charge is 2.19. The molecule has 4 rings (SSSR count). The van der Waals surface area contributed by atoms with Crippen LogP contribution in [0, 0.1) is 26.6 Å². The minimum atomic E-state index is -0.489. The van der Waals surface area contributed by atoms with Crippen molar-refractivity contribution in [3.05, 3.63) is 75.8 Å². The lowest BCUT2D eigenvalue weighted by Gasteiger charge is -2.14. The van der Waals surface area contributed by atoms with Crippen molar-refractivity contribution in [1.29, 1.82) is 0 Å². The Morgan fingerprint density at radius 1 is 1.06 bits per heavy atom. The number of rotatable bonds is 8. The molecule has 4 aromatic rings. The number of hydrogen-bond donors (Lipinski definition) is 2. The molecule has 0 atom stereocenters. The number of anilines is 1. The summed E-state index contributed by atoms with van der Waals surface area (Å²) in [5, 5.41) is 23.5. The second kappa shape index (κ2) is 10.7. The minimum absolute atomic E-state index is 0.0621. The number of halogens is 1. The Kier molecular flexibility index (Phi) is 7.51. The van der Waals surface area contributed by atoms with E-state index in [-0.39, 0.29) is 23.8 Å². The SMILES string of the molecule is Cc1ccc(C)c(-n2c(CNC(=O)c3cccc(F)c3)nnc2SCC(=O)Nc2nnc(C)s2)c1. The van der Waals surface area contributed by atoms with Crippen molar-refractivity contribution in [1.82, 2.24) is 30.3 Å². The van der Waals surface area contributed by atoms with Gasteiger partial charge >= 0.3 is 0 Å². The van der Waals surface area contributed by atoms with Gasteiger partial charge in [0.05, 0.1) is 18.0 Å². The second-order valence-corrected chi connectivity index (χ2v) is 9.80.